The van der Waals surface area contributed by atoms with Crippen molar-refractivity contribution in [2.24, 2.45) is 0 Å². The Balaban J connectivity index is 2.73. The topological polar surface area (TPSA) is 90.2 Å². The van der Waals surface area contributed by atoms with Crippen LogP contribution in [0, 0.1) is 17.0 Å². The summed E-state index contributed by atoms with van der Waals surface area (Å²) in [6.45, 7) is 1.59. The van der Waals surface area contributed by atoms with Crippen LogP contribution in [-0.2, 0) is 9.05 Å². The molecule has 0 aliphatic rings. The second kappa shape index (κ2) is 5.65. The van der Waals surface area contributed by atoms with Gasteiger partial charge in [0.15, 0.2) is 0 Å². The van der Waals surface area contributed by atoms with Crippen molar-refractivity contribution in [3.8, 4) is 0 Å². The number of thioether (sulfide) groups is 1. The van der Waals surface area contributed by atoms with Gasteiger partial charge in [-0.1, -0.05) is 0 Å². The number of rotatable bonds is 5. The van der Waals surface area contributed by atoms with Crippen LogP contribution >= 0.6 is 22.4 Å². The predicted octanol–water partition coefficient (Wildman–Crippen LogP) is 1.96. The van der Waals surface area contributed by atoms with Gasteiger partial charge in [0.25, 0.3) is 5.69 Å². The van der Waals surface area contributed by atoms with Gasteiger partial charge in [-0.15, -0.1) is 11.8 Å². The molecular weight excluding hydrogens is 288 g/mol. The number of nitro groups is 1. The zero-order valence-corrected chi connectivity index (χ0v) is 11.2. The Morgan fingerprint density at radius 3 is 2.76 bits per heavy atom. The van der Waals surface area contributed by atoms with Crippen LogP contribution in [0.4, 0.5) is 5.69 Å². The van der Waals surface area contributed by atoms with Gasteiger partial charge in [0.1, 0.15) is 5.03 Å². The van der Waals surface area contributed by atoms with Gasteiger partial charge >= 0.3 is 0 Å². The number of aryl methyl sites for hydroxylation is 1. The lowest BCUT2D eigenvalue weighted by molar-refractivity contribution is -0.385. The Kier molecular flexibility index (Phi) is 4.72. The molecule has 0 spiro atoms. The maximum absolute atomic E-state index is 10.7. The first-order chi connectivity index (χ1) is 7.79. The molecule has 0 saturated heterocycles. The molecule has 0 fully saturated rings. The highest BCUT2D eigenvalue weighted by Gasteiger charge is 2.13. The van der Waals surface area contributed by atoms with Crippen LogP contribution in [0.5, 0.6) is 0 Å². The minimum Gasteiger partial charge on any atom is -0.258 e. The van der Waals surface area contributed by atoms with Gasteiger partial charge in [0.05, 0.1) is 10.7 Å². The van der Waals surface area contributed by atoms with Crippen LogP contribution < -0.4 is 0 Å². The van der Waals surface area contributed by atoms with E-state index in [1.807, 2.05) is 0 Å². The lowest BCUT2D eigenvalue weighted by atomic mass is 10.3. The second-order valence-corrected chi connectivity index (χ2v) is 7.17. The summed E-state index contributed by atoms with van der Waals surface area (Å²) in [5, 5.41) is 11.1. The molecule has 0 amide bonds. The third kappa shape index (κ3) is 4.88. The zero-order chi connectivity index (χ0) is 13.1. The van der Waals surface area contributed by atoms with Crippen LogP contribution in [0.25, 0.3) is 0 Å². The molecule has 94 valence electrons. The highest BCUT2D eigenvalue weighted by Crippen LogP contribution is 2.23. The molecule has 0 radical (unpaired) electrons. The molecule has 6 nitrogen and oxygen atoms in total. The monoisotopic (exact) mass is 296 g/mol. The Morgan fingerprint density at radius 2 is 2.24 bits per heavy atom. The minimum atomic E-state index is -3.54. The van der Waals surface area contributed by atoms with Gasteiger partial charge < -0.3 is 0 Å². The van der Waals surface area contributed by atoms with E-state index < -0.39 is 14.0 Å². The summed E-state index contributed by atoms with van der Waals surface area (Å²) in [5.41, 5.74) is 0.431. The summed E-state index contributed by atoms with van der Waals surface area (Å²) < 4.78 is 21.3. The van der Waals surface area contributed by atoms with E-state index in [2.05, 4.69) is 4.98 Å². The van der Waals surface area contributed by atoms with E-state index in [-0.39, 0.29) is 17.2 Å². The number of aromatic nitrogens is 1. The normalized spacial score (nSPS) is 11.4. The van der Waals surface area contributed by atoms with E-state index in [9.17, 15) is 18.5 Å². The Hall–Kier alpha value is -0.860. The first kappa shape index (κ1) is 14.2. The van der Waals surface area contributed by atoms with E-state index in [1.54, 1.807) is 6.92 Å². The number of halogens is 1. The van der Waals surface area contributed by atoms with Crippen LogP contribution in [-0.4, -0.2) is 29.8 Å². The van der Waals surface area contributed by atoms with E-state index >= 15 is 0 Å². The maximum Gasteiger partial charge on any atom is 0.276 e. The average Bonchev–Trinajstić information content (AvgIpc) is 2.18. The van der Waals surface area contributed by atoms with E-state index in [0.717, 1.165) is 11.8 Å². The van der Waals surface area contributed by atoms with Crippen molar-refractivity contribution in [1.29, 1.82) is 0 Å². The highest BCUT2D eigenvalue weighted by molar-refractivity contribution is 8.14. The zero-order valence-electron chi connectivity index (χ0n) is 8.79. The molecule has 1 aromatic rings. The molecule has 17 heavy (non-hydrogen) atoms. The summed E-state index contributed by atoms with van der Waals surface area (Å²) in [6.07, 6.45) is 1.38. The summed E-state index contributed by atoms with van der Waals surface area (Å²) in [6, 6.07) is 1.32. The summed E-state index contributed by atoms with van der Waals surface area (Å²) in [5.74, 6) is 0.00161. The molecular formula is C8H9ClN2O4S2. The smallest absolute Gasteiger partial charge is 0.258 e. The summed E-state index contributed by atoms with van der Waals surface area (Å²) >= 11 is 1.11. The number of nitrogens with zero attached hydrogens (tertiary/aromatic N) is 2. The van der Waals surface area contributed by atoms with E-state index in [4.69, 9.17) is 10.7 Å². The SMILES string of the molecule is Cc1cnc(SCCS(=O)(=O)Cl)cc1[N+](=O)[O-]. The van der Waals surface area contributed by atoms with Crippen LogP contribution in [0.1, 0.15) is 5.56 Å². The van der Waals surface area contributed by atoms with Crippen molar-refractivity contribution in [3.05, 3.63) is 27.9 Å². The first-order valence-corrected chi connectivity index (χ1v) is 7.92. The summed E-state index contributed by atoms with van der Waals surface area (Å²) in [7, 11) is 1.50. The predicted molar refractivity (Wildman–Crippen MR) is 66.0 cm³/mol. The largest absolute Gasteiger partial charge is 0.276 e. The Morgan fingerprint density at radius 1 is 1.59 bits per heavy atom. The molecule has 1 rings (SSSR count). The maximum atomic E-state index is 10.7. The molecule has 0 aliphatic heterocycles. The van der Waals surface area contributed by atoms with Gasteiger partial charge in [0, 0.05) is 34.3 Å². The van der Waals surface area contributed by atoms with Crippen molar-refractivity contribution < 1.29 is 13.3 Å². The van der Waals surface area contributed by atoms with Gasteiger partial charge in [-0.2, -0.15) is 0 Å². The van der Waals surface area contributed by atoms with Crippen LogP contribution in [0.3, 0.4) is 0 Å². The number of pyridine rings is 1. The lowest BCUT2D eigenvalue weighted by Gasteiger charge is -2.01. The fraction of sp³-hybridized carbons (Fsp3) is 0.375. The van der Waals surface area contributed by atoms with Gasteiger partial charge in [-0.3, -0.25) is 10.1 Å². The molecule has 0 bridgehead atoms. The molecule has 0 atom stereocenters. The van der Waals surface area contributed by atoms with E-state index in [0.29, 0.717) is 10.6 Å². The molecule has 0 saturated carbocycles. The number of hydrogen-bond acceptors (Lipinski definition) is 6. The van der Waals surface area contributed by atoms with Gasteiger partial charge in [-0.05, 0) is 6.92 Å². The standard InChI is InChI=1S/C8H9ClN2O4S2/c1-6-5-10-8(4-7(6)11(12)13)16-2-3-17(9,14)15/h4-5H,2-3H2,1H3. The molecule has 1 aromatic heterocycles. The third-order valence-electron chi connectivity index (χ3n) is 1.82. The first-order valence-electron chi connectivity index (χ1n) is 4.46. The van der Waals surface area contributed by atoms with Crippen molar-refractivity contribution >= 4 is 37.2 Å². The Labute approximate surface area is 107 Å². The lowest BCUT2D eigenvalue weighted by Crippen LogP contribution is -2.00. The van der Waals surface area contributed by atoms with Gasteiger partial charge in [-0.25, -0.2) is 13.4 Å². The van der Waals surface area contributed by atoms with Gasteiger partial charge in [0.2, 0.25) is 9.05 Å². The molecule has 0 N–H and O–H groups in total. The van der Waals surface area contributed by atoms with Crippen molar-refractivity contribution in [1.82, 2.24) is 4.98 Å². The van der Waals surface area contributed by atoms with Crippen LogP contribution in [0.2, 0.25) is 0 Å². The Bertz CT molecular complexity index is 532. The van der Waals surface area contributed by atoms with Crippen molar-refractivity contribution in [3.63, 3.8) is 0 Å². The third-order valence-corrected chi connectivity index (χ3v) is 4.16. The molecule has 0 aliphatic carbocycles. The fourth-order valence-electron chi connectivity index (χ4n) is 1.02. The quantitative estimate of drug-likeness (QED) is 0.357. The molecule has 0 unspecified atom stereocenters. The number of hydrogen-bond donors (Lipinski definition) is 0. The van der Waals surface area contributed by atoms with Crippen LogP contribution in [0.15, 0.2) is 17.3 Å². The fourth-order valence-corrected chi connectivity index (χ4v) is 3.24. The molecule has 1 heterocycles. The minimum absolute atomic E-state index is 0.0313. The summed E-state index contributed by atoms with van der Waals surface area (Å²) in [4.78, 5) is 14.1. The molecule has 0 aromatic carbocycles. The average molecular weight is 297 g/mol. The van der Waals surface area contributed by atoms with E-state index in [1.165, 1.54) is 12.3 Å². The highest BCUT2D eigenvalue weighted by atomic mass is 35.7. The molecule has 9 heteroatoms. The van der Waals surface area contributed by atoms with Crippen molar-refractivity contribution in [2.75, 3.05) is 11.5 Å². The second-order valence-electron chi connectivity index (χ2n) is 3.16. The van der Waals surface area contributed by atoms with Crippen molar-refractivity contribution in [2.45, 2.75) is 11.9 Å².